The second-order valence-corrected chi connectivity index (χ2v) is 8.08. The van der Waals surface area contributed by atoms with Crippen LogP contribution in [0.2, 0.25) is 0 Å². The van der Waals surface area contributed by atoms with Gasteiger partial charge in [0, 0.05) is 18.5 Å². The maximum Gasteiger partial charge on any atom is 0.248 e. The van der Waals surface area contributed by atoms with E-state index in [2.05, 4.69) is 15.6 Å². The third-order valence-electron chi connectivity index (χ3n) is 4.01. The fraction of sp³-hybridized carbons (Fsp3) is 0.579. The Bertz CT molecular complexity index is 641. The number of carbonyl (C=O) groups excluding carboxylic acids is 3. The molecule has 8 nitrogen and oxygen atoms in total. The summed E-state index contributed by atoms with van der Waals surface area (Å²) in [6.07, 6.45) is 1.86. The third kappa shape index (κ3) is 7.74. The molecule has 1 aromatic rings. The maximum absolute atomic E-state index is 12.8. The lowest BCUT2D eigenvalue weighted by Crippen LogP contribution is -2.53. The van der Waals surface area contributed by atoms with Crippen molar-refractivity contribution < 1.29 is 19.6 Å². The van der Waals surface area contributed by atoms with Crippen LogP contribution in [0.5, 0.6) is 0 Å². The molecule has 150 valence electrons. The Labute approximate surface area is 160 Å². The second kappa shape index (κ2) is 10.0. The van der Waals surface area contributed by atoms with E-state index in [4.69, 9.17) is 5.21 Å². The van der Waals surface area contributed by atoms with Gasteiger partial charge in [-0.15, -0.1) is 0 Å². The standard InChI is InChI=1S/C19H30N4O4/c1-12(2)10-13(11-15(24)23-27)17(25)22-16(19(3,4)5)18(26)21-14-8-6-7-9-20-14/h6-9,12-13,16,27H,10-11H2,1-5H3,(H,22,25)(H,23,24)(H,20,21,26)/t13-,16+/m0/s1. The highest BCUT2D eigenvalue weighted by molar-refractivity contribution is 5.97. The van der Waals surface area contributed by atoms with Gasteiger partial charge in [-0.25, -0.2) is 10.5 Å². The minimum Gasteiger partial charge on any atom is -0.344 e. The van der Waals surface area contributed by atoms with Gasteiger partial charge in [0.2, 0.25) is 17.7 Å². The van der Waals surface area contributed by atoms with Crippen LogP contribution >= 0.6 is 0 Å². The summed E-state index contributed by atoms with van der Waals surface area (Å²) in [7, 11) is 0. The molecule has 0 saturated heterocycles. The number of nitrogens with zero attached hydrogens (tertiary/aromatic N) is 1. The van der Waals surface area contributed by atoms with Crippen LogP contribution in [0.3, 0.4) is 0 Å². The molecule has 0 fully saturated rings. The number of hydroxylamine groups is 1. The normalized spacial score (nSPS) is 13.6. The summed E-state index contributed by atoms with van der Waals surface area (Å²) in [5.74, 6) is -1.51. The molecule has 0 unspecified atom stereocenters. The fourth-order valence-electron chi connectivity index (χ4n) is 2.69. The summed E-state index contributed by atoms with van der Waals surface area (Å²) in [5.41, 5.74) is 0.997. The first-order valence-corrected chi connectivity index (χ1v) is 8.99. The second-order valence-electron chi connectivity index (χ2n) is 8.08. The number of carbonyl (C=O) groups is 3. The first-order valence-electron chi connectivity index (χ1n) is 8.99. The highest BCUT2D eigenvalue weighted by atomic mass is 16.5. The van der Waals surface area contributed by atoms with Gasteiger partial charge in [-0.3, -0.25) is 19.6 Å². The van der Waals surface area contributed by atoms with Gasteiger partial charge >= 0.3 is 0 Å². The molecule has 0 bridgehead atoms. The van der Waals surface area contributed by atoms with Crippen LogP contribution < -0.4 is 16.1 Å². The van der Waals surface area contributed by atoms with Gasteiger partial charge in [0.25, 0.3) is 0 Å². The Hall–Kier alpha value is -2.48. The molecule has 0 aliphatic carbocycles. The van der Waals surface area contributed by atoms with Crippen LogP contribution in [0.25, 0.3) is 0 Å². The predicted molar refractivity (Wildman–Crippen MR) is 102 cm³/mol. The molecule has 0 aliphatic heterocycles. The summed E-state index contributed by atoms with van der Waals surface area (Å²) in [6, 6.07) is 4.33. The van der Waals surface area contributed by atoms with Crippen LogP contribution in [-0.2, 0) is 14.4 Å². The van der Waals surface area contributed by atoms with Gasteiger partial charge in [-0.05, 0) is 29.9 Å². The van der Waals surface area contributed by atoms with E-state index in [1.165, 1.54) is 0 Å². The van der Waals surface area contributed by atoms with E-state index in [0.717, 1.165) is 0 Å². The van der Waals surface area contributed by atoms with Crippen LogP contribution in [0.1, 0.15) is 47.5 Å². The van der Waals surface area contributed by atoms with E-state index in [1.54, 1.807) is 29.9 Å². The lowest BCUT2D eigenvalue weighted by atomic mass is 9.85. The summed E-state index contributed by atoms with van der Waals surface area (Å²) in [4.78, 5) is 41.1. The van der Waals surface area contributed by atoms with Gasteiger partial charge < -0.3 is 10.6 Å². The van der Waals surface area contributed by atoms with Gasteiger partial charge in [0.05, 0.1) is 0 Å². The Morgan fingerprint density at radius 3 is 2.30 bits per heavy atom. The first kappa shape index (κ1) is 22.6. The van der Waals surface area contributed by atoms with Crippen molar-refractivity contribution in [3.63, 3.8) is 0 Å². The Morgan fingerprint density at radius 1 is 1.15 bits per heavy atom. The molecule has 8 heteroatoms. The van der Waals surface area contributed by atoms with Gasteiger partial charge in [-0.2, -0.15) is 0 Å². The number of pyridine rings is 1. The molecule has 2 atom stereocenters. The quantitative estimate of drug-likeness (QED) is 0.408. The molecule has 3 amide bonds. The molecule has 0 radical (unpaired) electrons. The smallest absolute Gasteiger partial charge is 0.248 e. The zero-order valence-corrected chi connectivity index (χ0v) is 16.6. The molecule has 27 heavy (non-hydrogen) atoms. The number of hydrogen-bond acceptors (Lipinski definition) is 5. The molecule has 0 aliphatic rings. The van der Waals surface area contributed by atoms with E-state index in [0.29, 0.717) is 12.2 Å². The molecular formula is C19H30N4O4. The maximum atomic E-state index is 12.8. The van der Waals surface area contributed by atoms with Gasteiger partial charge in [-0.1, -0.05) is 40.7 Å². The van der Waals surface area contributed by atoms with Crippen molar-refractivity contribution in [1.82, 2.24) is 15.8 Å². The highest BCUT2D eigenvalue weighted by Gasteiger charge is 2.35. The Kier molecular flexibility index (Phi) is 8.36. The monoisotopic (exact) mass is 378 g/mol. The summed E-state index contributed by atoms with van der Waals surface area (Å²) in [5, 5.41) is 14.2. The number of nitrogens with one attached hydrogen (secondary N) is 3. The summed E-state index contributed by atoms with van der Waals surface area (Å²) >= 11 is 0. The average molecular weight is 378 g/mol. The number of amides is 3. The molecule has 0 spiro atoms. The number of rotatable bonds is 8. The zero-order chi connectivity index (χ0) is 20.6. The Morgan fingerprint density at radius 2 is 1.81 bits per heavy atom. The van der Waals surface area contributed by atoms with Crippen LogP contribution in [-0.4, -0.2) is 34.0 Å². The molecule has 0 saturated carbocycles. The van der Waals surface area contributed by atoms with E-state index < -0.39 is 29.2 Å². The predicted octanol–water partition coefficient (Wildman–Crippen LogP) is 2.11. The molecule has 1 rings (SSSR count). The zero-order valence-electron chi connectivity index (χ0n) is 16.6. The molecule has 1 heterocycles. The molecular weight excluding hydrogens is 348 g/mol. The SMILES string of the molecule is CC(C)C[C@@H](CC(=O)NO)C(=O)N[C@H](C(=O)Nc1ccccn1)C(C)(C)C. The van der Waals surface area contributed by atoms with Gasteiger partial charge in [0.15, 0.2) is 0 Å². The number of aromatic nitrogens is 1. The van der Waals surface area contributed by atoms with E-state index in [-0.39, 0.29) is 18.2 Å². The van der Waals surface area contributed by atoms with Crippen LogP contribution in [0.15, 0.2) is 24.4 Å². The third-order valence-corrected chi connectivity index (χ3v) is 4.01. The van der Waals surface area contributed by atoms with Crippen molar-refractivity contribution in [2.75, 3.05) is 5.32 Å². The topological polar surface area (TPSA) is 120 Å². The highest BCUT2D eigenvalue weighted by Crippen LogP contribution is 2.23. The minimum atomic E-state index is -0.821. The van der Waals surface area contributed by atoms with Crippen molar-refractivity contribution in [3.05, 3.63) is 24.4 Å². The van der Waals surface area contributed by atoms with Crippen LogP contribution in [0, 0.1) is 17.3 Å². The molecule has 1 aromatic heterocycles. The van der Waals surface area contributed by atoms with E-state index in [1.807, 2.05) is 34.6 Å². The van der Waals surface area contributed by atoms with Crippen molar-refractivity contribution in [2.24, 2.45) is 17.3 Å². The largest absolute Gasteiger partial charge is 0.344 e. The Balaban J connectivity index is 2.94. The summed E-state index contributed by atoms with van der Waals surface area (Å²) < 4.78 is 0. The fourth-order valence-corrected chi connectivity index (χ4v) is 2.69. The van der Waals surface area contributed by atoms with Crippen molar-refractivity contribution in [2.45, 2.75) is 53.5 Å². The van der Waals surface area contributed by atoms with Crippen molar-refractivity contribution in [3.8, 4) is 0 Å². The van der Waals surface area contributed by atoms with E-state index in [9.17, 15) is 14.4 Å². The minimum absolute atomic E-state index is 0.154. The lowest BCUT2D eigenvalue weighted by molar-refractivity contribution is -0.136. The van der Waals surface area contributed by atoms with Crippen molar-refractivity contribution in [1.29, 1.82) is 0 Å². The molecule has 4 N–H and O–H groups in total. The summed E-state index contributed by atoms with van der Waals surface area (Å²) in [6.45, 7) is 9.40. The average Bonchev–Trinajstić information content (AvgIpc) is 2.58. The number of anilines is 1. The lowest BCUT2D eigenvalue weighted by Gasteiger charge is -2.31. The molecule has 0 aromatic carbocycles. The first-order chi connectivity index (χ1) is 12.5. The van der Waals surface area contributed by atoms with Crippen LogP contribution in [0.4, 0.5) is 5.82 Å². The number of hydrogen-bond donors (Lipinski definition) is 4. The van der Waals surface area contributed by atoms with Gasteiger partial charge in [0.1, 0.15) is 11.9 Å². The van der Waals surface area contributed by atoms with E-state index >= 15 is 0 Å². The van der Waals surface area contributed by atoms with Crippen molar-refractivity contribution >= 4 is 23.5 Å².